The molecule has 1 aliphatic heterocycles. The first-order chi connectivity index (χ1) is 5.29. The van der Waals surface area contributed by atoms with Crippen molar-refractivity contribution in [2.24, 2.45) is 17.6 Å². The van der Waals surface area contributed by atoms with Crippen LogP contribution in [0.4, 0.5) is 0 Å². The van der Waals surface area contributed by atoms with Gasteiger partial charge in [0.05, 0.1) is 0 Å². The Balaban J connectivity index is 1.71. The average molecular weight is 154 g/mol. The van der Waals surface area contributed by atoms with Crippen LogP contribution in [-0.4, -0.2) is 30.6 Å². The van der Waals surface area contributed by atoms with Crippen LogP contribution >= 0.6 is 0 Å². The number of hydrogen-bond acceptors (Lipinski definition) is 2. The van der Waals surface area contributed by atoms with Crippen molar-refractivity contribution in [1.82, 2.24) is 4.90 Å². The van der Waals surface area contributed by atoms with E-state index in [2.05, 4.69) is 11.8 Å². The van der Waals surface area contributed by atoms with Gasteiger partial charge in [0.1, 0.15) is 0 Å². The summed E-state index contributed by atoms with van der Waals surface area (Å²) in [7, 11) is 0. The molecule has 2 heteroatoms. The highest BCUT2D eigenvalue weighted by Crippen LogP contribution is 2.44. The molecule has 0 bridgehead atoms. The van der Waals surface area contributed by atoms with Crippen LogP contribution in [0.2, 0.25) is 0 Å². The molecular formula is C9H18N2. The largest absolute Gasteiger partial charge is 0.327 e. The first-order valence-electron chi connectivity index (χ1n) is 4.77. The Morgan fingerprint density at radius 2 is 2.09 bits per heavy atom. The molecule has 2 aliphatic rings. The van der Waals surface area contributed by atoms with Crippen LogP contribution in [0.15, 0.2) is 0 Å². The molecule has 0 spiro atoms. The van der Waals surface area contributed by atoms with E-state index in [0.717, 1.165) is 24.8 Å². The van der Waals surface area contributed by atoms with E-state index in [1.54, 1.807) is 0 Å². The monoisotopic (exact) mass is 154 g/mol. The topological polar surface area (TPSA) is 29.3 Å². The zero-order valence-corrected chi connectivity index (χ0v) is 7.29. The SMILES string of the molecule is CC[C@H](N)CN1CC2CC2C1. The molecule has 11 heavy (non-hydrogen) atoms. The summed E-state index contributed by atoms with van der Waals surface area (Å²) in [5.41, 5.74) is 5.87. The van der Waals surface area contributed by atoms with Crippen molar-refractivity contribution in [3.8, 4) is 0 Å². The summed E-state index contributed by atoms with van der Waals surface area (Å²) in [6, 6.07) is 0.410. The van der Waals surface area contributed by atoms with E-state index in [-0.39, 0.29) is 0 Å². The summed E-state index contributed by atoms with van der Waals surface area (Å²) >= 11 is 0. The lowest BCUT2D eigenvalue weighted by Gasteiger charge is -2.20. The number of fused-ring (bicyclic) bond motifs is 1. The van der Waals surface area contributed by atoms with Gasteiger partial charge in [0.25, 0.3) is 0 Å². The van der Waals surface area contributed by atoms with Gasteiger partial charge in [-0.05, 0) is 24.7 Å². The van der Waals surface area contributed by atoms with E-state index in [1.807, 2.05) is 0 Å². The van der Waals surface area contributed by atoms with Gasteiger partial charge in [0.2, 0.25) is 0 Å². The third-order valence-electron chi connectivity index (χ3n) is 3.07. The Labute approximate surface area is 68.7 Å². The van der Waals surface area contributed by atoms with Crippen LogP contribution in [-0.2, 0) is 0 Å². The summed E-state index contributed by atoms with van der Waals surface area (Å²) in [4.78, 5) is 2.53. The highest BCUT2D eigenvalue weighted by Gasteiger charge is 2.44. The molecule has 0 aromatic rings. The number of piperidine rings is 1. The number of hydrogen-bond donors (Lipinski definition) is 1. The predicted molar refractivity (Wildman–Crippen MR) is 46.3 cm³/mol. The van der Waals surface area contributed by atoms with Crippen molar-refractivity contribution < 1.29 is 0 Å². The van der Waals surface area contributed by atoms with Gasteiger partial charge in [-0.2, -0.15) is 0 Å². The number of likely N-dealkylation sites (tertiary alicyclic amines) is 1. The highest BCUT2D eigenvalue weighted by molar-refractivity contribution is 4.97. The molecule has 0 amide bonds. The van der Waals surface area contributed by atoms with E-state index in [1.165, 1.54) is 19.5 Å². The van der Waals surface area contributed by atoms with Crippen LogP contribution in [0.25, 0.3) is 0 Å². The maximum atomic E-state index is 5.87. The zero-order chi connectivity index (χ0) is 7.84. The molecular weight excluding hydrogens is 136 g/mol. The third kappa shape index (κ3) is 1.57. The molecule has 0 radical (unpaired) electrons. The lowest BCUT2D eigenvalue weighted by Crippen LogP contribution is -2.36. The Kier molecular flexibility index (Phi) is 1.90. The Hall–Kier alpha value is -0.0800. The van der Waals surface area contributed by atoms with E-state index in [0.29, 0.717) is 6.04 Å². The Morgan fingerprint density at radius 3 is 2.64 bits per heavy atom. The fourth-order valence-electron chi connectivity index (χ4n) is 2.11. The fourth-order valence-corrected chi connectivity index (χ4v) is 2.11. The second-order valence-electron chi connectivity index (χ2n) is 4.14. The van der Waals surface area contributed by atoms with Crippen LogP contribution in [0, 0.1) is 11.8 Å². The van der Waals surface area contributed by atoms with Gasteiger partial charge in [-0.15, -0.1) is 0 Å². The van der Waals surface area contributed by atoms with Crippen molar-refractivity contribution in [2.75, 3.05) is 19.6 Å². The fraction of sp³-hybridized carbons (Fsp3) is 1.00. The molecule has 64 valence electrons. The van der Waals surface area contributed by atoms with Crippen molar-refractivity contribution in [2.45, 2.75) is 25.8 Å². The summed E-state index contributed by atoms with van der Waals surface area (Å²) in [6.45, 7) is 5.96. The normalized spacial score (nSPS) is 38.7. The summed E-state index contributed by atoms with van der Waals surface area (Å²) < 4.78 is 0. The van der Waals surface area contributed by atoms with Crippen molar-refractivity contribution in [3.63, 3.8) is 0 Å². The molecule has 2 fully saturated rings. The predicted octanol–water partition coefficient (Wildman–Crippen LogP) is 0.675. The maximum absolute atomic E-state index is 5.87. The van der Waals surface area contributed by atoms with Crippen LogP contribution in [0.3, 0.4) is 0 Å². The summed E-state index contributed by atoms with van der Waals surface area (Å²) in [6.07, 6.45) is 2.61. The van der Waals surface area contributed by atoms with Crippen LogP contribution < -0.4 is 5.73 Å². The molecule has 0 aromatic heterocycles. The Bertz CT molecular complexity index is 136. The van der Waals surface area contributed by atoms with Crippen molar-refractivity contribution in [1.29, 1.82) is 0 Å². The molecule has 3 atom stereocenters. The van der Waals surface area contributed by atoms with Gasteiger partial charge in [-0.1, -0.05) is 6.92 Å². The second kappa shape index (κ2) is 2.76. The minimum Gasteiger partial charge on any atom is -0.327 e. The standard InChI is InChI=1S/C9H18N2/c1-2-9(10)6-11-4-7-3-8(7)5-11/h7-9H,2-6,10H2,1H3/t7?,8?,9-/m0/s1. The van der Waals surface area contributed by atoms with E-state index >= 15 is 0 Å². The number of nitrogens with two attached hydrogens (primary N) is 1. The second-order valence-corrected chi connectivity index (χ2v) is 4.14. The molecule has 1 saturated heterocycles. The first-order valence-corrected chi connectivity index (χ1v) is 4.77. The number of rotatable bonds is 3. The first kappa shape index (κ1) is 7.56. The molecule has 2 nitrogen and oxygen atoms in total. The van der Waals surface area contributed by atoms with Gasteiger partial charge in [0, 0.05) is 25.7 Å². The molecule has 2 N–H and O–H groups in total. The van der Waals surface area contributed by atoms with E-state index in [9.17, 15) is 0 Å². The summed E-state index contributed by atoms with van der Waals surface area (Å²) in [5, 5.41) is 0. The van der Waals surface area contributed by atoms with Gasteiger partial charge < -0.3 is 10.6 Å². The van der Waals surface area contributed by atoms with Gasteiger partial charge >= 0.3 is 0 Å². The zero-order valence-electron chi connectivity index (χ0n) is 7.29. The summed E-state index contributed by atoms with van der Waals surface area (Å²) in [5.74, 6) is 2.11. The van der Waals surface area contributed by atoms with Crippen molar-refractivity contribution >= 4 is 0 Å². The smallest absolute Gasteiger partial charge is 0.0165 e. The highest BCUT2D eigenvalue weighted by atomic mass is 15.2. The molecule has 0 aromatic carbocycles. The Morgan fingerprint density at radius 1 is 1.45 bits per heavy atom. The molecule has 2 rings (SSSR count). The van der Waals surface area contributed by atoms with Crippen LogP contribution in [0.5, 0.6) is 0 Å². The van der Waals surface area contributed by atoms with E-state index < -0.39 is 0 Å². The maximum Gasteiger partial charge on any atom is 0.0165 e. The quantitative estimate of drug-likeness (QED) is 0.647. The van der Waals surface area contributed by atoms with Gasteiger partial charge in [-0.3, -0.25) is 0 Å². The lowest BCUT2D eigenvalue weighted by molar-refractivity contribution is 0.282. The molecule has 2 unspecified atom stereocenters. The number of nitrogens with zero attached hydrogens (tertiary/aromatic N) is 1. The molecule has 1 heterocycles. The van der Waals surface area contributed by atoms with Crippen molar-refractivity contribution in [3.05, 3.63) is 0 Å². The van der Waals surface area contributed by atoms with E-state index in [4.69, 9.17) is 5.73 Å². The minimum absolute atomic E-state index is 0.410. The third-order valence-corrected chi connectivity index (χ3v) is 3.07. The minimum atomic E-state index is 0.410. The molecule has 1 saturated carbocycles. The lowest BCUT2D eigenvalue weighted by atomic mass is 10.2. The van der Waals surface area contributed by atoms with Gasteiger partial charge in [-0.25, -0.2) is 0 Å². The van der Waals surface area contributed by atoms with Gasteiger partial charge in [0.15, 0.2) is 0 Å². The van der Waals surface area contributed by atoms with Crippen LogP contribution in [0.1, 0.15) is 19.8 Å². The molecule has 1 aliphatic carbocycles. The average Bonchev–Trinajstić information content (AvgIpc) is 2.60.